The predicted molar refractivity (Wildman–Crippen MR) is 79.5 cm³/mol. The fourth-order valence-corrected chi connectivity index (χ4v) is 1.74. The lowest BCUT2D eigenvalue weighted by Crippen LogP contribution is -2.39. The second kappa shape index (κ2) is 7.70. The van der Waals surface area contributed by atoms with Gasteiger partial charge in [-0.05, 0) is 29.7 Å². The lowest BCUT2D eigenvalue weighted by Gasteiger charge is -2.19. The molecule has 0 spiro atoms. The summed E-state index contributed by atoms with van der Waals surface area (Å²) in [6.07, 6.45) is 2.96. The van der Waals surface area contributed by atoms with Gasteiger partial charge in [0.05, 0.1) is 6.42 Å². The number of benzene rings is 1. The van der Waals surface area contributed by atoms with E-state index in [1.807, 2.05) is 13.8 Å². The van der Waals surface area contributed by atoms with Gasteiger partial charge in [0.15, 0.2) is 0 Å². The standard InChI is InChI=1S/C15H18ClNO3/c1-10(2)13(9-15(19)20)17-14(18)8-5-11-3-6-12(16)7-4-11/h3-8,10,13H,9H2,1-2H3,(H,17,18)(H,19,20)/b8-5+. The molecule has 0 aliphatic heterocycles. The van der Waals surface area contributed by atoms with Crippen LogP contribution >= 0.6 is 11.6 Å². The van der Waals surface area contributed by atoms with Crippen LogP contribution in [0.2, 0.25) is 5.02 Å². The quantitative estimate of drug-likeness (QED) is 0.793. The van der Waals surface area contributed by atoms with Gasteiger partial charge in [-0.3, -0.25) is 9.59 Å². The fraction of sp³-hybridized carbons (Fsp3) is 0.333. The Labute approximate surface area is 123 Å². The molecule has 0 aliphatic rings. The maximum absolute atomic E-state index is 11.8. The SMILES string of the molecule is CC(C)C(CC(=O)O)NC(=O)/C=C/c1ccc(Cl)cc1. The van der Waals surface area contributed by atoms with Gasteiger partial charge in [-0.25, -0.2) is 0 Å². The molecule has 0 fully saturated rings. The van der Waals surface area contributed by atoms with Gasteiger partial charge in [-0.1, -0.05) is 37.6 Å². The zero-order valence-corrected chi connectivity index (χ0v) is 12.2. The Morgan fingerprint density at radius 1 is 1.30 bits per heavy atom. The number of nitrogens with one attached hydrogen (secondary N) is 1. The first-order chi connectivity index (χ1) is 9.38. The molecule has 0 aromatic heterocycles. The number of carbonyl (C=O) groups is 2. The Hall–Kier alpha value is -1.81. The van der Waals surface area contributed by atoms with Crippen molar-refractivity contribution < 1.29 is 14.7 Å². The van der Waals surface area contributed by atoms with Crippen molar-refractivity contribution in [1.82, 2.24) is 5.32 Å². The molecular weight excluding hydrogens is 278 g/mol. The summed E-state index contributed by atoms with van der Waals surface area (Å²) in [5, 5.41) is 12.1. The smallest absolute Gasteiger partial charge is 0.305 e. The van der Waals surface area contributed by atoms with Crippen LogP contribution in [0.15, 0.2) is 30.3 Å². The average Bonchev–Trinajstić information content (AvgIpc) is 2.36. The van der Waals surface area contributed by atoms with Crippen LogP contribution in [-0.2, 0) is 9.59 Å². The lowest BCUT2D eigenvalue weighted by molar-refractivity contribution is -0.138. The van der Waals surface area contributed by atoms with Crippen LogP contribution in [0.3, 0.4) is 0 Å². The molecule has 0 bridgehead atoms. The van der Waals surface area contributed by atoms with E-state index < -0.39 is 5.97 Å². The zero-order chi connectivity index (χ0) is 15.1. The Bertz CT molecular complexity index is 494. The highest BCUT2D eigenvalue weighted by molar-refractivity contribution is 6.30. The van der Waals surface area contributed by atoms with E-state index in [0.717, 1.165) is 5.56 Å². The van der Waals surface area contributed by atoms with Crippen molar-refractivity contribution in [3.8, 4) is 0 Å². The topological polar surface area (TPSA) is 66.4 Å². The maximum atomic E-state index is 11.8. The number of amides is 1. The second-order valence-electron chi connectivity index (χ2n) is 4.84. The molecule has 4 nitrogen and oxygen atoms in total. The first-order valence-electron chi connectivity index (χ1n) is 6.34. The number of carboxylic acids is 1. The predicted octanol–water partition coefficient (Wildman–Crippen LogP) is 2.97. The van der Waals surface area contributed by atoms with Crippen molar-refractivity contribution in [2.24, 2.45) is 5.92 Å². The summed E-state index contributed by atoms with van der Waals surface area (Å²) in [6, 6.07) is 6.68. The molecule has 1 unspecified atom stereocenters. The highest BCUT2D eigenvalue weighted by Gasteiger charge is 2.18. The van der Waals surface area contributed by atoms with Crippen LogP contribution in [0.1, 0.15) is 25.8 Å². The molecule has 0 aliphatic carbocycles. The number of rotatable bonds is 6. The third-order valence-electron chi connectivity index (χ3n) is 2.82. The highest BCUT2D eigenvalue weighted by Crippen LogP contribution is 2.11. The van der Waals surface area contributed by atoms with Crippen LogP contribution in [0.25, 0.3) is 6.08 Å². The minimum atomic E-state index is -0.925. The van der Waals surface area contributed by atoms with Crippen LogP contribution in [0.5, 0.6) is 0 Å². The van der Waals surface area contributed by atoms with Crippen LogP contribution in [0, 0.1) is 5.92 Å². The molecule has 108 valence electrons. The molecule has 5 heteroatoms. The third-order valence-corrected chi connectivity index (χ3v) is 3.08. The van der Waals surface area contributed by atoms with Crippen molar-refractivity contribution in [3.05, 3.63) is 40.9 Å². The summed E-state index contributed by atoms with van der Waals surface area (Å²) in [7, 11) is 0. The maximum Gasteiger partial charge on any atom is 0.305 e. The van der Waals surface area contributed by atoms with Crippen LogP contribution in [0.4, 0.5) is 0 Å². The van der Waals surface area contributed by atoms with Crippen molar-refractivity contribution >= 4 is 29.6 Å². The van der Waals surface area contributed by atoms with E-state index in [-0.39, 0.29) is 24.3 Å². The Kier molecular flexibility index (Phi) is 6.25. The zero-order valence-electron chi connectivity index (χ0n) is 11.5. The van der Waals surface area contributed by atoms with Crippen molar-refractivity contribution in [3.63, 3.8) is 0 Å². The molecule has 1 aromatic carbocycles. The summed E-state index contributed by atoms with van der Waals surface area (Å²) in [4.78, 5) is 22.5. The van der Waals surface area contributed by atoms with Crippen molar-refractivity contribution in [2.75, 3.05) is 0 Å². The first-order valence-corrected chi connectivity index (χ1v) is 6.72. The molecule has 1 amide bonds. The van der Waals surface area contributed by atoms with Gasteiger partial charge < -0.3 is 10.4 Å². The van der Waals surface area contributed by atoms with E-state index in [2.05, 4.69) is 5.32 Å². The summed E-state index contributed by atoms with van der Waals surface area (Å²) in [5.74, 6) is -1.18. The van der Waals surface area contributed by atoms with Gasteiger partial charge in [0.2, 0.25) is 5.91 Å². The van der Waals surface area contributed by atoms with Crippen LogP contribution in [-0.4, -0.2) is 23.0 Å². The lowest BCUT2D eigenvalue weighted by atomic mass is 10.0. The molecule has 0 heterocycles. The minimum absolute atomic E-state index is 0.0546. The van der Waals surface area contributed by atoms with E-state index >= 15 is 0 Å². The highest BCUT2D eigenvalue weighted by atomic mass is 35.5. The first kappa shape index (κ1) is 16.2. The number of hydrogen-bond acceptors (Lipinski definition) is 2. The number of hydrogen-bond donors (Lipinski definition) is 2. The molecule has 0 saturated heterocycles. The number of carboxylic acid groups (broad SMARTS) is 1. The Balaban J connectivity index is 2.61. The van der Waals surface area contributed by atoms with Gasteiger partial charge in [-0.15, -0.1) is 0 Å². The molecular formula is C15H18ClNO3. The van der Waals surface area contributed by atoms with Gasteiger partial charge in [0, 0.05) is 17.1 Å². The van der Waals surface area contributed by atoms with Gasteiger partial charge >= 0.3 is 5.97 Å². The number of aliphatic carboxylic acids is 1. The Morgan fingerprint density at radius 3 is 2.40 bits per heavy atom. The van der Waals surface area contributed by atoms with Crippen molar-refractivity contribution in [1.29, 1.82) is 0 Å². The second-order valence-corrected chi connectivity index (χ2v) is 5.28. The van der Waals surface area contributed by atoms with Crippen molar-refractivity contribution in [2.45, 2.75) is 26.3 Å². The normalized spacial score (nSPS) is 12.6. The average molecular weight is 296 g/mol. The summed E-state index contributed by atoms with van der Waals surface area (Å²) in [5.41, 5.74) is 0.851. The van der Waals surface area contributed by atoms with Crippen LogP contribution < -0.4 is 5.32 Å². The molecule has 2 N–H and O–H groups in total. The third kappa shape index (κ3) is 5.89. The van der Waals surface area contributed by atoms with E-state index in [1.54, 1.807) is 30.3 Å². The number of carbonyl (C=O) groups excluding carboxylic acids is 1. The summed E-state index contributed by atoms with van der Waals surface area (Å²) >= 11 is 5.77. The molecule has 0 radical (unpaired) electrons. The molecule has 1 aromatic rings. The molecule has 1 atom stereocenters. The fourth-order valence-electron chi connectivity index (χ4n) is 1.62. The Morgan fingerprint density at radius 2 is 1.90 bits per heavy atom. The minimum Gasteiger partial charge on any atom is -0.481 e. The van der Waals surface area contributed by atoms with Gasteiger partial charge in [-0.2, -0.15) is 0 Å². The molecule has 0 saturated carbocycles. The van der Waals surface area contributed by atoms with E-state index in [4.69, 9.17) is 16.7 Å². The molecule has 1 rings (SSSR count). The molecule has 20 heavy (non-hydrogen) atoms. The van der Waals surface area contributed by atoms with Gasteiger partial charge in [0.1, 0.15) is 0 Å². The summed E-state index contributed by atoms with van der Waals surface area (Å²) in [6.45, 7) is 3.74. The van der Waals surface area contributed by atoms with E-state index in [0.29, 0.717) is 5.02 Å². The van der Waals surface area contributed by atoms with Gasteiger partial charge in [0.25, 0.3) is 0 Å². The monoisotopic (exact) mass is 295 g/mol. The summed E-state index contributed by atoms with van der Waals surface area (Å²) < 4.78 is 0. The van der Waals surface area contributed by atoms with E-state index in [9.17, 15) is 9.59 Å². The largest absolute Gasteiger partial charge is 0.481 e. The van der Waals surface area contributed by atoms with E-state index in [1.165, 1.54) is 6.08 Å². The number of halogens is 1.